The molecule has 206 valence electrons. The Hall–Kier alpha value is -4.47. The Kier molecular flexibility index (Phi) is 8.85. The van der Waals surface area contributed by atoms with Crippen LogP contribution in [0.25, 0.3) is 12.2 Å². The maximum absolute atomic E-state index is 14.3. The van der Waals surface area contributed by atoms with Crippen LogP contribution in [0, 0.1) is 0 Å². The van der Waals surface area contributed by atoms with Crippen molar-refractivity contribution in [1.82, 2.24) is 30.2 Å². The van der Waals surface area contributed by atoms with Gasteiger partial charge in [-0.05, 0) is 24.0 Å². The number of aromatic amines is 2. The van der Waals surface area contributed by atoms with Crippen LogP contribution < -0.4 is 0 Å². The maximum atomic E-state index is 14.3. The lowest BCUT2D eigenvalue weighted by Gasteiger charge is -2.34. The molecule has 40 heavy (non-hydrogen) atoms. The van der Waals surface area contributed by atoms with Gasteiger partial charge >= 0.3 is 6.03 Å². The highest BCUT2D eigenvalue weighted by Gasteiger charge is 2.45. The first-order valence-corrected chi connectivity index (χ1v) is 13.4. The molecule has 2 aromatic heterocycles. The second-order valence-electron chi connectivity index (χ2n) is 9.95. The lowest BCUT2D eigenvalue weighted by atomic mass is 9.91. The molecule has 1 aliphatic heterocycles. The highest BCUT2D eigenvalue weighted by atomic mass is 16.3. The summed E-state index contributed by atoms with van der Waals surface area (Å²) in [6.07, 6.45) is 12.9. The van der Waals surface area contributed by atoms with Gasteiger partial charge in [-0.25, -0.2) is 4.79 Å². The topological polar surface area (TPSA) is 121 Å². The quantitative estimate of drug-likeness (QED) is 0.246. The molecule has 2 aromatic carbocycles. The van der Waals surface area contributed by atoms with Crippen LogP contribution in [0.4, 0.5) is 4.79 Å². The van der Waals surface area contributed by atoms with Crippen LogP contribution >= 0.6 is 0 Å². The first kappa shape index (κ1) is 27.1. The third-order valence-electron chi connectivity index (χ3n) is 7.27. The summed E-state index contributed by atoms with van der Waals surface area (Å²) < 4.78 is 0. The van der Waals surface area contributed by atoms with Crippen molar-refractivity contribution in [2.24, 2.45) is 0 Å². The molecule has 1 saturated heterocycles. The highest BCUT2D eigenvalue weighted by molar-refractivity contribution is 5.77. The van der Waals surface area contributed by atoms with E-state index in [-0.39, 0.29) is 19.1 Å². The summed E-state index contributed by atoms with van der Waals surface area (Å²) in [5.74, 6) is 0. The second-order valence-corrected chi connectivity index (χ2v) is 9.95. The van der Waals surface area contributed by atoms with Crippen LogP contribution in [0.3, 0.4) is 0 Å². The second kappa shape index (κ2) is 13.1. The third-order valence-corrected chi connectivity index (χ3v) is 7.27. The first-order chi connectivity index (χ1) is 19.6. The van der Waals surface area contributed by atoms with E-state index in [2.05, 4.69) is 20.4 Å². The molecule has 0 radical (unpaired) electrons. The SMILES string of the molecule is O=C1N(C/C=C/c2cn[nH]c2)[C@H](Cc2ccccc2)[C@H](O)[C@@H](O)[C@@H](Cc2ccccc2)N1C/C=C/c1cn[nH]c1. The number of aromatic nitrogens is 4. The molecule has 4 aromatic rings. The normalized spacial score (nSPS) is 21.9. The van der Waals surface area contributed by atoms with E-state index in [9.17, 15) is 15.0 Å². The van der Waals surface area contributed by atoms with E-state index in [4.69, 9.17) is 0 Å². The lowest BCUT2D eigenvalue weighted by Crippen LogP contribution is -2.51. The van der Waals surface area contributed by atoms with E-state index in [1.54, 1.807) is 34.6 Å². The fourth-order valence-corrected chi connectivity index (χ4v) is 5.18. The van der Waals surface area contributed by atoms with Gasteiger partial charge in [0, 0.05) is 36.6 Å². The molecule has 0 saturated carbocycles. The average Bonchev–Trinajstić information content (AvgIpc) is 3.70. The van der Waals surface area contributed by atoms with Crippen LogP contribution in [0.1, 0.15) is 22.3 Å². The van der Waals surface area contributed by atoms with Gasteiger partial charge in [0.1, 0.15) is 12.2 Å². The number of hydrogen-bond acceptors (Lipinski definition) is 5. The van der Waals surface area contributed by atoms with Crippen molar-refractivity contribution >= 4 is 18.2 Å². The van der Waals surface area contributed by atoms with Crippen molar-refractivity contribution in [3.05, 3.63) is 120 Å². The van der Waals surface area contributed by atoms with Gasteiger partial charge in [-0.15, -0.1) is 0 Å². The number of aliphatic hydroxyl groups excluding tert-OH is 2. The number of H-pyrrole nitrogens is 2. The largest absolute Gasteiger partial charge is 0.388 e. The van der Waals surface area contributed by atoms with Crippen molar-refractivity contribution in [2.75, 3.05) is 13.1 Å². The molecule has 9 heteroatoms. The zero-order valence-electron chi connectivity index (χ0n) is 22.1. The predicted molar refractivity (Wildman–Crippen MR) is 154 cm³/mol. The summed E-state index contributed by atoms with van der Waals surface area (Å²) >= 11 is 0. The van der Waals surface area contributed by atoms with E-state index in [0.29, 0.717) is 12.8 Å². The standard InChI is InChI=1S/C31H34N6O3/c38-29-27(17-23-9-3-1-4-10-23)36(15-7-13-25-19-32-33-20-25)31(40)37(16-8-14-26-21-34-35-22-26)28(30(29)39)18-24-11-5-2-6-12-24/h1-14,19-22,27-30,38-39H,15-18H2,(H,32,33)(H,34,35)/b13-7+,14-8+/t27-,28-,29+,30+/m1/s1. The number of urea groups is 1. The Morgan fingerprint density at radius 3 is 1.50 bits per heavy atom. The van der Waals surface area contributed by atoms with Gasteiger partial charge in [0.2, 0.25) is 0 Å². The molecule has 1 aliphatic rings. The first-order valence-electron chi connectivity index (χ1n) is 13.4. The van der Waals surface area contributed by atoms with Gasteiger partial charge in [-0.2, -0.15) is 10.2 Å². The summed E-state index contributed by atoms with van der Waals surface area (Å²) in [7, 11) is 0. The summed E-state index contributed by atoms with van der Waals surface area (Å²) in [6, 6.07) is 18.0. The summed E-state index contributed by atoms with van der Waals surface area (Å²) in [4.78, 5) is 17.7. The fraction of sp³-hybridized carbons (Fsp3) is 0.258. The molecule has 2 amide bonds. The minimum atomic E-state index is -1.16. The summed E-state index contributed by atoms with van der Waals surface area (Å²) in [5, 5.41) is 36.8. The van der Waals surface area contributed by atoms with Crippen molar-refractivity contribution in [3.63, 3.8) is 0 Å². The number of carbonyl (C=O) groups excluding carboxylic acids is 1. The van der Waals surface area contributed by atoms with Crippen LogP contribution in [-0.2, 0) is 12.8 Å². The van der Waals surface area contributed by atoms with E-state index < -0.39 is 24.3 Å². The Labute approximate surface area is 233 Å². The van der Waals surface area contributed by atoms with Crippen molar-refractivity contribution in [1.29, 1.82) is 0 Å². The van der Waals surface area contributed by atoms with Gasteiger partial charge in [0.25, 0.3) is 0 Å². The molecule has 3 heterocycles. The Morgan fingerprint density at radius 2 is 1.12 bits per heavy atom. The van der Waals surface area contributed by atoms with Gasteiger partial charge < -0.3 is 20.0 Å². The van der Waals surface area contributed by atoms with Crippen LogP contribution in [0.2, 0.25) is 0 Å². The number of nitrogens with one attached hydrogen (secondary N) is 2. The molecule has 1 fully saturated rings. The van der Waals surface area contributed by atoms with E-state index >= 15 is 0 Å². The smallest absolute Gasteiger partial charge is 0.321 e. The Balaban J connectivity index is 1.50. The van der Waals surface area contributed by atoms with Gasteiger partial charge in [-0.3, -0.25) is 10.2 Å². The summed E-state index contributed by atoms with van der Waals surface area (Å²) in [6.45, 7) is 0.511. The van der Waals surface area contributed by atoms with Gasteiger partial charge in [0.05, 0.1) is 24.5 Å². The third kappa shape index (κ3) is 6.56. The fourth-order valence-electron chi connectivity index (χ4n) is 5.18. The van der Waals surface area contributed by atoms with Crippen molar-refractivity contribution in [3.8, 4) is 0 Å². The number of carbonyl (C=O) groups is 1. The number of nitrogens with zero attached hydrogens (tertiary/aromatic N) is 4. The zero-order chi connectivity index (χ0) is 27.7. The number of hydrogen-bond donors (Lipinski definition) is 4. The van der Waals surface area contributed by atoms with Crippen LogP contribution in [0.15, 0.2) is 97.6 Å². The number of aliphatic hydroxyl groups is 2. The number of amides is 2. The van der Waals surface area contributed by atoms with Crippen molar-refractivity contribution in [2.45, 2.75) is 37.1 Å². The monoisotopic (exact) mass is 538 g/mol. The molecule has 0 unspecified atom stereocenters. The average molecular weight is 539 g/mol. The molecule has 0 bridgehead atoms. The number of benzene rings is 2. The summed E-state index contributed by atoms with van der Waals surface area (Å²) in [5.41, 5.74) is 3.71. The van der Waals surface area contributed by atoms with E-state index in [0.717, 1.165) is 22.3 Å². The van der Waals surface area contributed by atoms with Crippen LogP contribution in [0.5, 0.6) is 0 Å². The predicted octanol–water partition coefficient (Wildman–Crippen LogP) is 3.54. The minimum absolute atomic E-state index is 0.244. The highest BCUT2D eigenvalue weighted by Crippen LogP contribution is 2.27. The van der Waals surface area contributed by atoms with E-state index in [1.165, 1.54) is 0 Å². The molecule has 4 atom stereocenters. The number of rotatable bonds is 10. The van der Waals surface area contributed by atoms with Crippen molar-refractivity contribution < 1.29 is 15.0 Å². The molecule has 0 aliphatic carbocycles. The Bertz CT molecular complexity index is 1270. The van der Waals surface area contributed by atoms with Crippen LogP contribution in [-0.4, -0.2) is 83.8 Å². The Morgan fingerprint density at radius 1 is 0.700 bits per heavy atom. The zero-order valence-corrected chi connectivity index (χ0v) is 22.1. The van der Waals surface area contributed by atoms with Gasteiger partial charge in [-0.1, -0.05) is 85.0 Å². The van der Waals surface area contributed by atoms with Gasteiger partial charge in [0.15, 0.2) is 0 Å². The molecular weight excluding hydrogens is 504 g/mol. The minimum Gasteiger partial charge on any atom is -0.388 e. The lowest BCUT2D eigenvalue weighted by molar-refractivity contribution is -0.0377. The molecule has 4 N–H and O–H groups in total. The maximum Gasteiger partial charge on any atom is 0.321 e. The molecule has 0 spiro atoms. The molecule has 9 nitrogen and oxygen atoms in total. The molecular formula is C31H34N6O3. The molecule has 5 rings (SSSR count). The van der Waals surface area contributed by atoms with E-state index in [1.807, 2.05) is 85.0 Å².